The fourth-order valence-corrected chi connectivity index (χ4v) is 2.22. The van der Waals surface area contributed by atoms with Crippen LogP contribution in [0.4, 0.5) is 0 Å². The van der Waals surface area contributed by atoms with Crippen LogP contribution in [-0.2, 0) is 16.0 Å². The maximum atomic E-state index is 11.1. The molecule has 0 aromatic carbocycles. The summed E-state index contributed by atoms with van der Waals surface area (Å²) in [6.07, 6.45) is 4.71. The molecule has 1 fully saturated rings. The van der Waals surface area contributed by atoms with Crippen molar-refractivity contribution in [3.8, 4) is 0 Å². The van der Waals surface area contributed by atoms with Crippen LogP contribution in [0, 0.1) is 5.92 Å². The maximum Gasteiger partial charge on any atom is 0.315 e. The number of aromatic nitrogens is 2. The van der Waals surface area contributed by atoms with Crippen molar-refractivity contribution in [2.45, 2.75) is 44.9 Å². The van der Waals surface area contributed by atoms with E-state index in [1.165, 1.54) is 20.0 Å². The summed E-state index contributed by atoms with van der Waals surface area (Å²) in [7, 11) is 1.35. The topological polar surface area (TPSA) is 65.2 Å². The molecule has 94 valence electrons. The van der Waals surface area contributed by atoms with Crippen LogP contribution in [0.2, 0.25) is 0 Å². The van der Waals surface area contributed by atoms with Crippen molar-refractivity contribution in [1.29, 1.82) is 0 Å². The quantitative estimate of drug-likeness (QED) is 0.754. The average molecular weight is 238 g/mol. The van der Waals surface area contributed by atoms with Gasteiger partial charge in [-0.15, -0.1) is 0 Å². The van der Waals surface area contributed by atoms with Gasteiger partial charge in [0.05, 0.1) is 7.11 Å². The van der Waals surface area contributed by atoms with Gasteiger partial charge in [-0.05, 0) is 18.8 Å². The van der Waals surface area contributed by atoms with Crippen molar-refractivity contribution in [3.05, 3.63) is 11.7 Å². The van der Waals surface area contributed by atoms with Crippen LogP contribution in [0.25, 0.3) is 0 Å². The molecule has 0 bridgehead atoms. The average Bonchev–Trinajstić information content (AvgIpc) is 2.78. The highest BCUT2D eigenvalue weighted by Gasteiger charge is 2.24. The molecule has 1 aromatic rings. The predicted octanol–water partition coefficient (Wildman–Crippen LogP) is 2.08. The minimum absolute atomic E-state index is 0.0621. The van der Waals surface area contributed by atoms with Gasteiger partial charge in [0, 0.05) is 5.92 Å². The third-order valence-corrected chi connectivity index (χ3v) is 3.39. The van der Waals surface area contributed by atoms with Gasteiger partial charge in [0.15, 0.2) is 5.82 Å². The Morgan fingerprint density at radius 3 is 2.76 bits per heavy atom. The van der Waals surface area contributed by atoms with E-state index >= 15 is 0 Å². The van der Waals surface area contributed by atoms with Gasteiger partial charge in [-0.2, -0.15) is 4.98 Å². The smallest absolute Gasteiger partial charge is 0.315 e. The Morgan fingerprint density at radius 2 is 2.12 bits per heavy atom. The highest BCUT2D eigenvalue weighted by Crippen LogP contribution is 2.33. The van der Waals surface area contributed by atoms with Gasteiger partial charge in [0.2, 0.25) is 5.89 Å². The Labute approximate surface area is 101 Å². The first-order valence-electron chi connectivity index (χ1n) is 6.08. The standard InChI is InChI=1S/C12H18N2O3/c1-8-3-5-9(6-4-8)12-13-10(17-14-12)7-11(15)16-2/h8-9H,3-7H2,1-2H3. The predicted molar refractivity (Wildman–Crippen MR) is 60.4 cm³/mol. The van der Waals surface area contributed by atoms with Gasteiger partial charge < -0.3 is 9.26 Å². The molecule has 0 N–H and O–H groups in total. The van der Waals surface area contributed by atoms with Gasteiger partial charge in [-0.3, -0.25) is 4.79 Å². The van der Waals surface area contributed by atoms with Crippen molar-refractivity contribution < 1.29 is 14.1 Å². The first-order chi connectivity index (χ1) is 8.19. The minimum atomic E-state index is -0.350. The summed E-state index contributed by atoms with van der Waals surface area (Å²) in [4.78, 5) is 15.3. The number of hydrogen-bond donors (Lipinski definition) is 0. The summed E-state index contributed by atoms with van der Waals surface area (Å²) >= 11 is 0. The molecule has 1 saturated carbocycles. The molecule has 1 heterocycles. The van der Waals surface area contributed by atoms with E-state index in [2.05, 4.69) is 21.8 Å². The molecule has 0 radical (unpaired) electrons. The van der Waals surface area contributed by atoms with E-state index in [9.17, 15) is 4.79 Å². The summed E-state index contributed by atoms with van der Waals surface area (Å²) in [6, 6.07) is 0. The van der Waals surface area contributed by atoms with Crippen LogP contribution >= 0.6 is 0 Å². The van der Waals surface area contributed by atoms with Crippen molar-refractivity contribution in [1.82, 2.24) is 10.1 Å². The molecule has 1 aliphatic rings. The van der Waals surface area contributed by atoms with Crippen LogP contribution in [0.1, 0.15) is 50.2 Å². The SMILES string of the molecule is COC(=O)Cc1nc(C2CCC(C)CC2)no1. The Balaban J connectivity index is 1.96. The second-order valence-corrected chi connectivity index (χ2v) is 4.76. The van der Waals surface area contributed by atoms with E-state index in [4.69, 9.17) is 4.52 Å². The molecule has 0 atom stereocenters. The highest BCUT2D eigenvalue weighted by molar-refractivity contribution is 5.71. The Morgan fingerprint density at radius 1 is 1.41 bits per heavy atom. The lowest BCUT2D eigenvalue weighted by molar-refractivity contribution is -0.140. The van der Waals surface area contributed by atoms with Crippen molar-refractivity contribution >= 4 is 5.97 Å². The molecule has 2 rings (SSSR count). The van der Waals surface area contributed by atoms with E-state index in [1.807, 2.05) is 0 Å². The van der Waals surface area contributed by atoms with Crippen LogP contribution in [0.3, 0.4) is 0 Å². The lowest BCUT2D eigenvalue weighted by atomic mass is 9.83. The molecule has 0 spiro atoms. The van der Waals surface area contributed by atoms with E-state index in [-0.39, 0.29) is 12.4 Å². The van der Waals surface area contributed by atoms with Gasteiger partial charge >= 0.3 is 5.97 Å². The molecule has 5 nitrogen and oxygen atoms in total. The Kier molecular flexibility index (Phi) is 3.76. The number of carbonyl (C=O) groups excluding carboxylic acids is 1. The minimum Gasteiger partial charge on any atom is -0.469 e. The van der Waals surface area contributed by atoms with Crippen LogP contribution in [-0.4, -0.2) is 23.2 Å². The first kappa shape index (κ1) is 12.1. The zero-order valence-electron chi connectivity index (χ0n) is 10.3. The molecule has 1 aliphatic carbocycles. The zero-order chi connectivity index (χ0) is 12.3. The number of nitrogens with zero attached hydrogens (tertiary/aromatic N) is 2. The van der Waals surface area contributed by atoms with Gasteiger partial charge in [0.25, 0.3) is 0 Å². The van der Waals surface area contributed by atoms with Crippen LogP contribution < -0.4 is 0 Å². The third-order valence-electron chi connectivity index (χ3n) is 3.39. The summed E-state index contributed by atoms with van der Waals surface area (Å²) < 4.78 is 9.61. The number of methoxy groups -OCH3 is 1. The zero-order valence-corrected chi connectivity index (χ0v) is 10.3. The number of hydrogen-bond acceptors (Lipinski definition) is 5. The molecule has 0 amide bonds. The molecule has 5 heteroatoms. The Hall–Kier alpha value is -1.39. The molecule has 0 saturated heterocycles. The highest BCUT2D eigenvalue weighted by atomic mass is 16.5. The van der Waals surface area contributed by atoms with Crippen LogP contribution in [0.15, 0.2) is 4.52 Å². The molecular formula is C12H18N2O3. The lowest BCUT2D eigenvalue weighted by Crippen LogP contribution is -2.12. The van der Waals surface area contributed by atoms with Crippen LogP contribution in [0.5, 0.6) is 0 Å². The van der Waals surface area contributed by atoms with Gasteiger partial charge in [0.1, 0.15) is 6.42 Å². The summed E-state index contributed by atoms with van der Waals surface area (Å²) in [5, 5.41) is 3.96. The molecular weight excluding hydrogens is 220 g/mol. The number of carbonyl (C=O) groups is 1. The van der Waals surface area contributed by atoms with Gasteiger partial charge in [-0.1, -0.05) is 24.9 Å². The van der Waals surface area contributed by atoms with E-state index in [0.29, 0.717) is 11.8 Å². The monoisotopic (exact) mass is 238 g/mol. The van der Waals surface area contributed by atoms with Crippen molar-refractivity contribution in [2.75, 3.05) is 7.11 Å². The molecule has 0 unspecified atom stereocenters. The van der Waals surface area contributed by atoms with Gasteiger partial charge in [-0.25, -0.2) is 0 Å². The summed E-state index contributed by atoms with van der Waals surface area (Å²) in [5.41, 5.74) is 0. The van der Waals surface area contributed by atoms with Crippen molar-refractivity contribution in [3.63, 3.8) is 0 Å². The fourth-order valence-electron chi connectivity index (χ4n) is 2.22. The van der Waals surface area contributed by atoms with E-state index in [1.54, 1.807) is 0 Å². The molecule has 1 aromatic heterocycles. The normalized spacial score (nSPS) is 24.6. The maximum absolute atomic E-state index is 11.1. The number of esters is 1. The largest absolute Gasteiger partial charge is 0.469 e. The molecule has 17 heavy (non-hydrogen) atoms. The summed E-state index contributed by atoms with van der Waals surface area (Å²) in [6.45, 7) is 2.27. The molecule has 0 aliphatic heterocycles. The number of ether oxygens (including phenoxy) is 1. The van der Waals surface area contributed by atoms with E-state index < -0.39 is 0 Å². The third kappa shape index (κ3) is 3.05. The second kappa shape index (κ2) is 5.29. The second-order valence-electron chi connectivity index (χ2n) is 4.76. The first-order valence-corrected chi connectivity index (χ1v) is 6.08. The number of rotatable bonds is 3. The Bertz CT molecular complexity index is 381. The summed E-state index contributed by atoms with van der Waals surface area (Å²) in [5.74, 6) is 1.94. The lowest BCUT2D eigenvalue weighted by Gasteiger charge is -2.23. The van der Waals surface area contributed by atoms with Crippen molar-refractivity contribution in [2.24, 2.45) is 5.92 Å². The fraction of sp³-hybridized carbons (Fsp3) is 0.750. The van der Waals surface area contributed by atoms with E-state index in [0.717, 1.165) is 24.6 Å².